The number of rotatable bonds is 6. The third-order valence-electron chi connectivity index (χ3n) is 4.82. The average Bonchev–Trinajstić information content (AvgIpc) is 3.11. The van der Waals surface area contributed by atoms with Gasteiger partial charge in [0, 0.05) is 16.6 Å². The van der Waals surface area contributed by atoms with E-state index < -0.39 is 18.0 Å². The molecule has 1 aliphatic carbocycles. The second-order valence-corrected chi connectivity index (χ2v) is 7.82. The summed E-state index contributed by atoms with van der Waals surface area (Å²) in [7, 11) is 0. The van der Waals surface area contributed by atoms with Crippen molar-refractivity contribution < 1.29 is 19.4 Å². The van der Waals surface area contributed by atoms with E-state index in [-0.39, 0.29) is 18.6 Å². The highest BCUT2D eigenvalue weighted by molar-refractivity contribution is 8.03. The smallest absolute Gasteiger partial charge is 0.356 e. The number of carbonyl (C=O) groups is 2. The molecule has 2 aliphatic heterocycles. The molecule has 1 saturated heterocycles. The van der Waals surface area contributed by atoms with Crippen molar-refractivity contribution in [1.82, 2.24) is 4.90 Å². The minimum absolute atomic E-state index is 0.0994. The summed E-state index contributed by atoms with van der Waals surface area (Å²) in [5.41, 5.74) is 0.399. The van der Waals surface area contributed by atoms with Crippen LogP contribution in [0.4, 0.5) is 0 Å². The molecule has 0 radical (unpaired) electrons. The van der Waals surface area contributed by atoms with Gasteiger partial charge in [-0.25, -0.2) is 4.79 Å². The number of thioether (sulfide) groups is 1. The van der Waals surface area contributed by atoms with Gasteiger partial charge in [0.25, 0.3) is 0 Å². The van der Waals surface area contributed by atoms with Gasteiger partial charge >= 0.3 is 5.97 Å². The van der Waals surface area contributed by atoms with Crippen LogP contribution in [0.2, 0.25) is 0 Å². The van der Waals surface area contributed by atoms with Crippen molar-refractivity contribution in [3.63, 3.8) is 0 Å². The van der Waals surface area contributed by atoms with Gasteiger partial charge in [0.05, 0.1) is 18.1 Å². The fourth-order valence-corrected chi connectivity index (χ4v) is 5.27. The normalized spacial score (nSPS) is 28.6. The minimum Gasteiger partial charge on any atom is -0.457 e. The second kappa shape index (κ2) is 6.69. The van der Waals surface area contributed by atoms with E-state index in [4.69, 9.17) is 4.74 Å². The predicted octanol–water partition coefficient (Wildman–Crippen LogP) is 2.21. The summed E-state index contributed by atoms with van der Waals surface area (Å²) in [6.45, 7) is 5.32. The molecule has 0 aromatic heterocycles. The number of β-lactam (4-membered cyclic amide) rings is 1. The Morgan fingerprint density at radius 2 is 2.22 bits per heavy atom. The highest BCUT2D eigenvalue weighted by Gasteiger charge is 2.57. The molecular weight excluding hydrogens is 314 g/mol. The van der Waals surface area contributed by atoms with E-state index in [1.165, 1.54) is 18.9 Å². The molecular formula is C17H23NO4S. The highest BCUT2D eigenvalue weighted by atomic mass is 32.2. The Hall–Kier alpha value is -1.27. The number of aliphatic hydroxyl groups is 1. The Kier molecular flexibility index (Phi) is 4.82. The third-order valence-corrected chi connectivity index (χ3v) is 6.27. The monoisotopic (exact) mass is 337 g/mol. The summed E-state index contributed by atoms with van der Waals surface area (Å²) in [5, 5.41) is 10.3. The molecule has 2 fully saturated rings. The van der Waals surface area contributed by atoms with Gasteiger partial charge in [-0.15, -0.1) is 11.8 Å². The SMILES string of the molecule is C=CCOC(=O)C1=C(SC2CCCC2)C[C@@H]2[C@H](C(C)O)C(=O)N12. The first-order chi connectivity index (χ1) is 11.0. The summed E-state index contributed by atoms with van der Waals surface area (Å²) in [5.74, 6) is -1.03. The summed E-state index contributed by atoms with van der Waals surface area (Å²) in [4.78, 5) is 27.2. The molecule has 6 heteroatoms. The molecule has 2 heterocycles. The third kappa shape index (κ3) is 2.94. The number of aliphatic hydroxyl groups excluding tert-OH is 1. The summed E-state index contributed by atoms with van der Waals surface area (Å²) in [6.07, 6.45) is 6.24. The quantitative estimate of drug-likeness (QED) is 0.457. The van der Waals surface area contributed by atoms with Crippen LogP contribution >= 0.6 is 11.8 Å². The van der Waals surface area contributed by atoms with E-state index in [1.54, 1.807) is 23.6 Å². The number of fused-ring (bicyclic) bond motifs is 1. The summed E-state index contributed by atoms with van der Waals surface area (Å²) >= 11 is 1.73. The number of hydrogen-bond acceptors (Lipinski definition) is 5. The van der Waals surface area contributed by atoms with Crippen molar-refractivity contribution in [3.05, 3.63) is 23.3 Å². The topological polar surface area (TPSA) is 66.8 Å². The number of esters is 1. The number of nitrogens with zero attached hydrogens (tertiary/aromatic N) is 1. The van der Waals surface area contributed by atoms with Gasteiger partial charge in [-0.3, -0.25) is 4.79 Å². The largest absolute Gasteiger partial charge is 0.457 e. The van der Waals surface area contributed by atoms with Crippen LogP contribution in [0, 0.1) is 5.92 Å². The van der Waals surface area contributed by atoms with E-state index in [0.29, 0.717) is 17.4 Å². The van der Waals surface area contributed by atoms with Crippen molar-refractivity contribution in [1.29, 1.82) is 0 Å². The van der Waals surface area contributed by atoms with Crippen LogP contribution in [-0.4, -0.2) is 45.9 Å². The molecule has 23 heavy (non-hydrogen) atoms. The van der Waals surface area contributed by atoms with Gasteiger partial charge in [-0.2, -0.15) is 0 Å². The number of hydrogen-bond donors (Lipinski definition) is 1. The highest BCUT2D eigenvalue weighted by Crippen LogP contribution is 2.49. The first-order valence-electron chi connectivity index (χ1n) is 8.23. The zero-order valence-electron chi connectivity index (χ0n) is 13.4. The van der Waals surface area contributed by atoms with E-state index >= 15 is 0 Å². The van der Waals surface area contributed by atoms with Crippen LogP contribution in [0.5, 0.6) is 0 Å². The maximum Gasteiger partial charge on any atom is 0.356 e. The standard InChI is InChI=1S/C17H23NO4S/c1-3-8-22-17(21)15-13(23-11-6-4-5-7-11)9-12-14(10(2)19)16(20)18(12)15/h3,10-12,14,19H,1,4-9H2,2H3/t10?,12-,14+/m1/s1. The molecule has 0 aromatic carbocycles. The average molecular weight is 337 g/mol. The first-order valence-corrected chi connectivity index (χ1v) is 9.11. The number of amides is 1. The Morgan fingerprint density at radius 3 is 2.83 bits per heavy atom. The number of carbonyl (C=O) groups excluding carboxylic acids is 2. The zero-order chi connectivity index (χ0) is 16.6. The number of ether oxygens (including phenoxy) is 1. The lowest BCUT2D eigenvalue weighted by molar-refractivity contribution is -0.162. The lowest BCUT2D eigenvalue weighted by Crippen LogP contribution is -2.61. The van der Waals surface area contributed by atoms with E-state index in [0.717, 1.165) is 17.7 Å². The van der Waals surface area contributed by atoms with Gasteiger partial charge in [0.1, 0.15) is 12.3 Å². The Bertz CT molecular complexity index is 551. The molecule has 0 spiro atoms. The van der Waals surface area contributed by atoms with Crippen molar-refractivity contribution in [2.75, 3.05) is 6.61 Å². The van der Waals surface area contributed by atoms with Crippen LogP contribution in [-0.2, 0) is 14.3 Å². The Balaban J connectivity index is 1.81. The zero-order valence-corrected chi connectivity index (χ0v) is 14.2. The van der Waals surface area contributed by atoms with Gasteiger partial charge < -0.3 is 14.7 Å². The van der Waals surface area contributed by atoms with Crippen LogP contribution < -0.4 is 0 Å². The molecule has 126 valence electrons. The second-order valence-electron chi connectivity index (χ2n) is 6.43. The molecule has 1 saturated carbocycles. The molecule has 0 bridgehead atoms. The van der Waals surface area contributed by atoms with Gasteiger partial charge in [0.2, 0.25) is 5.91 Å². The van der Waals surface area contributed by atoms with E-state index in [2.05, 4.69) is 6.58 Å². The Morgan fingerprint density at radius 1 is 1.52 bits per heavy atom. The maximum absolute atomic E-state index is 12.4. The van der Waals surface area contributed by atoms with E-state index in [1.807, 2.05) is 0 Å². The maximum atomic E-state index is 12.4. The van der Waals surface area contributed by atoms with Crippen LogP contribution in [0.1, 0.15) is 39.0 Å². The van der Waals surface area contributed by atoms with Crippen molar-refractivity contribution in [3.8, 4) is 0 Å². The molecule has 3 atom stereocenters. The first kappa shape index (κ1) is 16.6. The van der Waals surface area contributed by atoms with Crippen molar-refractivity contribution in [2.45, 2.75) is 56.4 Å². The molecule has 3 rings (SSSR count). The molecule has 1 N–H and O–H groups in total. The van der Waals surface area contributed by atoms with Gasteiger partial charge in [0.15, 0.2) is 0 Å². The molecule has 1 amide bonds. The Labute approximate surface area is 140 Å². The van der Waals surface area contributed by atoms with Crippen LogP contribution in [0.15, 0.2) is 23.3 Å². The molecule has 3 aliphatic rings. The van der Waals surface area contributed by atoms with Gasteiger partial charge in [-0.05, 0) is 19.8 Å². The van der Waals surface area contributed by atoms with Gasteiger partial charge in [-0.1, -0.05) is 25.5 Å². The minimum atomic E-state index is -0.690. The summed E-state index contributed by atoms with van der Waals surface area (Å²) in [6, 6.07) is -0.0994. The van der Waals surface area contributed by atoms with E-state index in [9.17, 15) is 14.7 Å². The van der Waals surface area contributed by atoms with Crippen molar-refractivity contribution in [2.24, 2.45) is 5.92 Å². The lowest BCUT2D eigenvalue weighted by Gasteiger charge is -2.44. The molecule has 1 unspecified atom stereocenters. The predicted molar refractivity (Wildman–Crippen MR) is 88.5 cm³/mol. The summed E-state index contributed by atoms with van der Waals surface area (Å²) < 4.78 is 5.18. The fraction of sp³-hybridized carbons (Fsp3) is 0.647. The molecule has 5 nitrogen and oxygen atoms in total. The van der Waals surface area contributed by atoms with Crippen molar-refractivity contribution >= 4 is 23.6 Å². The van der Waals surface area contributed by atoms with Crippen LogP contribution in [0.25, 0.3) is 0 Å². The fourth-order valence-electron chi connectivity index (χ4n) is 3.74. The lowest BCUT2D eigenvalue weighted by atomic mass is 9.83. The van der Waals surface area contributed by atoms with Crippen LogP contribution in [0.3, 0.4) is 0 Å². The molecule has 0 aromatic rings.